The lowest BCUT2D eigenvalue weighted by Crippen LogP contribution is -1.96. The molecule has 0 aliphatic carbocycles. The highest BCUT2D eigenvalue weighted by molar-refractivity contribution is 5.76. The minimum absolute atomic E-state index is 0.699. The third-order valence-electron chi connectivity index (χ3n) is 7.92. The number of aromatic nitrogens is 2. The minimum atomic E-state index is 0.699. The molecule has 2 heteroatoms. The molecule has 44 heavy (non-hydrogen) atoms. The van der Waals surface area contributed by atoms with Crippen LogP contribution in [0.3, 0.4) is 0 Å². The van der Waals surface area contributed by atoms with Gasteiger partial charge in [0.05, 0.1) is 11.4 Å². The zero-order valence-electron chi connectivity index (χ0n) is 24.3. The molecule has 0 N–H and O–H groups in total. The van der Waals surface area contributed by atoms with Crippen molar-refractivity contribution >= 4 is 6.08 Å². The van der Waals surface area contributed by atoms with Crippen molar-refractivity contribution < 1.29 is 0 Å². The molecule has 0 aliphatic heterocycles. The van der Waals surface area contributed by atoms with E-state index in [0.717, 1.165) is 44.8 Å². The molecule has 2 nitrogen and oxygen atoms in total. The monoisotopic (exact) mass is 562 g/mol. The van der Waals surface area contributed by atoms with Crippen LogP contribution in [0, 0.1) is 0 Å². The van der Waals surface area contributed by atoms with E-state index in [2.05, 4.69) is 158 Å². The molecule has 0 saturated heterocycles. The van der Waals surface area contributed by atoms with Crippen LogP contribution in [0.2, 0.25) is 0 Å². The first-order valence-electron chi connectivity index (χ1n) is 14.8. The summed E-state index contributed by atoms with van der Waals surface area (Å²) in [6.45, 7) is 3.86. The maximum Gasteiger partial charge on any atom is 0.160 e. The first-order chi connectivity index (χ1) is 21.7. The molecule has 0 radical (unpaired) electrons. The Hall–Kier alpha value is -5.86. The van der Waals surface area contributed by atoms with Crippen LogP contribution < -0.4 is 0 Å². The van der Waals surface area contributed by atoms with Crippen molar-refractivity contribution in [2.75, 3.05) is 0 Å². The van der Waals surface area contributed by atoms with Gasteiger partial charge in [-0.1, -0.05) is 170 Å². The van der Waals surface area contributed by atoms with Crippen molar-refractivity contribution in [1.29, 1.82) is 0 Å². The van der Waals surface area contributed by atoms with E-state index in [1.54, 1.807) is 0 Å². The van der Waals surface area contributed by atoms with Crippen molar-refractivity contribution in [3.8, 4) is 67.3 Å². The summed E-state index contributed by atoms with van der Waals surface area (Å²) in [5, 5.41) is 0. The van der Waals surface area contributed by atoms with Crippen LogP contribution in [0.1, 0.15) is 5.56 Å². The standard InChI is InChI=1S/C42H30N2/c1-2-30-13-15-33(16-14-30)36-21-27-39(28-22-36)42-43-40(37-23-17-34(18-24-37)31-9-5-3-6-10-31)29-41(44-42)38-25-19-35(20-26-38)32-11-7-4-8-12-32/h2-29H,1H2. The van der Waals surface area contributed by atoms with Gasteiger partial charge in [0.25, 0.3) is 0 Å². The fraction of sp³-hybridized carbons (Fsp3) is 0. The average Bonchev–Trinajstić information content (AvgIpc) is 3.12. The lowest BCUT2D eigenvalue weighted by molar-refractivity contribution is 1.18. The van der Waals surface area contributed by atoms with Crippen LogP contribution in [0.4, 0.5) is 0 Å². The summed E-state index contributed by atoms with van der Waals surface area (Å²) in [6.07, 6.45) is 1.86. The summed E-state index contributed by atoms with van der Waals surface area (Å²) in [5.41, 5.74) is 13.0. The van der Waals surface area contributed by atoms with Gasteiger partial charge >= 0.3 is 0 Å². The number of hydrogen-bond donors (Lipinski definition) is 0. The molecule has 0 spiro atoms. The van der Waals surface area contributed by atoms with Crippen LogP contribution in [0.5, 0.6) is 0 Å². The SMILES string of the molecule is C=Cc1ccc(-c2ccc(-c3nc(-c4ccc(-c5ccccc5)cc4)cc(-c4ccc(-c5ccccc5)cc4)n3)cc2)cc1. The third kappa shape index (κ3) is 5.74. The van der Waals surface area contributed by atoms with E-state index in [9.17, 15) is 0 Å². The molecule has 208 valence electrons. The Balaban J connectivity index is 1.27. The molecule has 0 fully saturated rings. The third-order valence-corrected chi connectivity index (χ3v) is 7.92. The Kier molecular flexibility index (Phi) is 7.47. The van der Waals surface area contributed by atoms with Crippen LogP contribution in [0.25, 0.3) is 73.4 Å². The summed E-state index contributed by atoms with van der Waals surface area (Å²) in [4.78, 5) is 10.1. The Morgan fingerprint density at radius 1 is 0.341 bits per heavy atom. The molecule has 7 aromatic rings. The highest BCUT2D eigenvalue weighted by Gasteiger charge is 2.12. The first-order valence-corrected chi connectivity index (χ1v) is 14.8. The number of nitrogens with zero attached hydrogens (tertiary/aromatic N) is 2. The van der Waals surface area contributed by atoms with Gasteiger partial charge in [-0.2, -0.15) is 0 Å². The topological polar surface area (TPSA) is 25.8 Å². The Morgan fingerprint density at radius 3 is 1.05 bits per heavy atom. The summed E-state index contributed by atoms with van der Waals surface area (Å²) >= 11 is 0. The lowest BCUT2D eigenvalue weighted by Gasteiger charge is -2.11. The van der Waals surface area contributed by atoms with E-state index in [0.29, 0.717) is 5.82 Å². The summed E-state index contributed by atoms with van der Waals surface area (Å²) < 4.78 is 0. The van der Waals surface area contributed by atoms with Gasteiger partial charge in [-0.25, -0.2) is 9.97 Å². The zero-order valence-corrected chi connectivity index (χ0v) is 24.3. The van der Waals surface area contributed by atoms with Gasteiger partial charge in [0.1, 0.15) is 0 Å². The van der Waals surface area contributed by atoms with E-state index < -0.39 is 0 Å². The molecule has 6 aromatic carbocycles. The molecule has 1 heterocycles. The van der Waals surface area contributed by atoms with Crippen LogP contribution >= 0.6 is 0 Å². The fourth-order valence-corrected chi connectivity index (χ4v) is 5.42. The average molecular weight is 563 g/mol. The number of rotatable bonds is 7. The quantitative estimate of drug-likeness (QED) is 0.193. The van der Waals surface area contributed by atoms with Crippen molar-refractivity contribution in [2.24, 2.45) is 0 Å². The van der Waals surface area contributed by atoms with Gasteiger partial charge in [0.2, 0.25) is 0 Å². The molecular formula is C42H30N2. The molecule has 1 aromatic heterocycles. The van der Waals surface area contributed by atoms with Crippen LogP contribution in [-0.4, -0.2) is 9.97 Å². The van der Waals surface area contributed by atoms with Gasteiger partial charge in [-0.15, -0.1) is 0 Å². The van der Waals surface area contributed by atoms with E-state index in [1.165, 1.54) is 22.3 Å². The van der Waals surface area contributed by atoms with Crippen molar-refractivity contribution in [3.63, 3.8) is 0 Å². The van der Waals surface area contributed by atoms with Gasteiger partial charge < -0.3 is 0 Å². The molecule has 0 unspecified atom stereocenters. The smallest absolute Gasteiger partial charge is 0.160 e. The van der Waals surface area contributed by atoms with Gasteiger partial charge in [0, 0.05) is 16.7 Å². The van der Waals surface area contributed by atoms with Gasteiger partial charge in [-0.3, -0.25) is 0 Å². The summed E-state index contributed by atoms with van der Waals surface area (Å²) in [5.74, 6) is 0.699. The second-order valence-electron chi connectivity index (χ2n) is 10.8. The van der Waals surface area contributed by atoms with Crippen LogP contribution in [-0.2, 0) is 0 Å². The van der Waals surface area contributed by atoms with Gasteiger partial charge in [-0.05, 0) is 45.0 Å². The van der Waals surface area contributed by atoms with Crippen LogP contribution in [0.15, 0.2) is 170 Å². The second-order valence-corrected chi connectivity index (χ2v) is 10.8. The largest absolute Gasteiger partial charge is 0.228 e. The maximum absolute atomic E-state index is 5.07. The van der Waals surface area contributed by atoms with E-state index in [4.69, 9.17) is 9.97 Å². The Morgan fingerprint density at radius 2 is 0.659 bits per heavy atom. The van der Waals surface area contributed by atoms with Crippen molar-refractivity contribution in [1.82, 2.24) is 9.97 Å². The molecule has 0 saturated carbocycles. The highest BCUT2D eigenvalue weighted by atomic mass is 14.9. The molecule has 7 rings (SSSR count). The second kappa shape index (κ2) is 12.2. The summed E-state index contributed by atoms with van der Waals surface area (Å²) in [7, 11) is 0. The fourth-order valence-electron chi connectivity index (χ4n) is 5.42. The van der Waals surface area contributed by atoms with E-state index in [-0.39, 0.29) is 0 Å². The number of hydrogen-bond acceptors (Lipinski definition) is 2. The predicted octanol–water partition coefficient (Wildman–Crippen LogP) is 11.1. The predicted molar refractivity (Wildman–Crippen MR) is 185 cm³/mol. The first kappa shape index (κ1) is 27.0. The van der Waals surface area contributed by atoms with Gasteiger partial charge in [0.15, 0.2) is 5.82 Å². The molecule has 0 amide bonds. The molecule has 0 atom stereocenters. The summed E-state index contributed by atoms with van der Waals surface area (Å²) in [6, 6.07) is 57.1. The number of benzene rings is 6. The molecule has 0 aliphatic rings. The van der Waals surface area contributed by atoms with E-state index >= 15 is 0 Å². The lowest BCUT2D eigenvalue weighted by atomic mass is 10.00. The maximum atomic E-state index is 5.07. The molecular weight excluding hydrogens is 532 g/mol. The molecule has 0 bridgehead atoms. The van der Waals surface area contributed by atoms with Crippen molar-refractivity contribution in [2.45, 2.75) is 0 Å². The minimum Gasteiger partial charge on any atom is -0.228 e. The van der Waals surface area contributed by atoms with Crippen molar-refractivity contribution in [3.05, 3.63) is 176 Å². The zero-order chi connectivity index (χ0) is 29.7. The highest BCUT2D eigenvalue weighted by Crippen LogP contribution is 2.31. The normalized spacial score (nSPS) is 10.8. The van der Waals surface area contributed by atoms with E-state index in [1.807, 2.05) is 18.2 Å². The Bertz CT molecular complexity index is 1910. The Labute approximate surface area is 258 Å².